The fourth-order valence-electron chi connectivity index (χ4n) is 4.00. The second-order valence-electron chi connectivity index (χ2n) is 7.28. The second kappa shape index (κ2) is 7.11. The number of nitrogens with zero attached hydrogens (tertiary/aromatic N) is 3. The maximum Gasteiger partial charge on any atom is 0.315 e. The molecule has 2 N–H and O–H groups in total. The van der Waals surface area contributed by atoms with E-state index < -0.39 is 0 Å². The molecule has 1 saturated heterocycles. The summed E-state index contributed by atoms with van der Waals surface area (Å²) >= 11 is 5.87. The van der Waals surface area contributed by atoms with Gasteiger partial charge < -0.3 is 15.5 Å². The van der Waals surface area contributed by atoms with Gasteiger partial charge in [0, 0.05) is 43.1 Å². The van der Waals surface area contributed by atoms with E-state index in [2.05, 4.69) is 25.5 Å². The third kappa shape index (κ3) is 3.75. The molecule has 1 saturated carbocycles. The van der Waals surface area contributed by atoms with Crippen LogP contribution in [0, 0.1) is 5.41 Å². The largest absolute Gasteiger partial charge is 0.340 e. The molecule has 2 heterocycles. The zero-order chi connectivity index (χ0) is 18.0. The van der Waals surface area contributed by atoms with Crippen LogP contribution in [-0.2, 0) is 6.54 Å². The molecule has 0 unspecified atom stereocenters. The number of rotatable bonds is 4. The molecule has 1 aliphatic carbocycles. The van der Waals surface area contributed by atoms with Crippen LogP contribution < -0.4 is 15.5 Å². The molecule has 0 bridgehead atoms. The predicted molar refractivity (Wildman–Crippen MR) is 101 cm³/mol. The van der Waals surface area contributed by atoms with Crippen molar-refractivity contribution in [2.45, 2.75) is 31.8 Å². The summed E-state index contributed by atoms with van der Waals surface area (Å²) in [4.78, 5) is 23.0. The van der Waals surface area contributed by atoms with E-state index in [1.54, 1.807) is 12.4 Å². The van der Waals surface area contributed by atoms with Gasteiger partial charge in [-0.1, -0.05) is 23.7 Å². The predicted octanol–water partition coefficient (Wildman–Crippen LogP) is 2.99. The third-order valence-corrected chi connectivity index (χ3v) is 5.59. The molecule has 4 rings (SSSR count). The zero-order valence-electron chi connectivity index (χ0n) is 14.5. The van der Waals surface area contributed by atoms with Gasteiger partial charge in [0.1, 0.15) is 0 Å². The van der Waals surface area contributed by atoms with E-state index in [1.807, 2.05) is 30.3 Å². The van der Waals surface area contributed by atoms with Crippen LogP contribution >= 0.6 is 11.6 Å². The summed E-state index contributed by atoms with van der Waals surface area (Å²) in [5.74, 6) is 0.807. The van der Waals surface area contributed by atoms with Crippen molar-refractivity contribution in [3.8, 4) is 0 Å². The zero-order valence-corrected chi connectivity index (χ0v) is 15.2. The average molecular weight is 372 g/mol. The lowest BCUT2D eigenvalue weighted by Gasteiger charge is -2.45. The van der Waals surface area contributed by atoms with Crippen LogP contribution in [0.25, 0.3) is 0 Å². The van der Waals surface area contributed by atoms with Crippen molar-refractivity contribution >= 4 is 23.6 Å². The van der Waals surface area contributed by atoms with Gasteiger partial charge in [0.2, 0.25) is 5.95 Å². The second-order valence-corrected chi connectivity index (χ2v) is 7.72. The number of hydrogen-bond donors (Lipinski definition) is 2. The Labute approximate surface area is 158 Å². The Kier molecular flexibility index (Phi) is 4.68. The summed E-state index contributed by atoms with van der Waals surface area (Å²) in [5.41, 5.74) is 1.33. The summed E-state index contributed by atoms with van der Waals surface area (Å²) in [7, 11) is 0. The number of carbonyl (C=O) groups is 1. The van der Waals surface area contributed by atoms with Gasteiger partial charge in [-0.3, -0.25) is 0 Å². The first-order valence-electron chi connectivity index (χ1n) is 8.93. The molecule has 6 nitrogen and oxygen atoms in total. The smallest absolute Gasteiger partial charge is 0.315 e. The highest BCUT2D eigenvalue weighted by Crippen LogP contribution is 2.48. The van der Waals surface area contributed by atoms with Crippen LogP contribution in [-0.4, -0.2) is 35.1 Å². The van der Waals surface area contributed by atoms with Crippen molar-refractivity contribution in [1.82, 2.24) is 20.6 Å². The number of amides is 2. The number of urea groups is 1. The quantitative estimate of drug-likeness (QED) is 0.866. The molecule has 2 amide bonds. The van der Waals surface area contributed by atoms with E-state index in [-0.39, 0.29) is 12.1 Å². The molecular weight excluding hydrogens is 350 g/mol. The van der Waals surface area contributed by atoms with E-state index in [9.17, 15) is 4.79 Å². The molecule has 26 heavy (non-hydrogen) atoms. The number of nitrogens with one attached hydrogen (secondary N) is 2. The summed E-state index contributed by atoms with van der Waals surface area (Å²) in [6, 6.07) is 9.46. The maximum atomic E-state index is 12.1. The lowest BCUT2D eigenvalue weighted by atomic mass is 9.65. The minimum Gasteiger partial charge on any atom is -0.340 e. The Hall–Kier alpha value is -2.34. The van der Waals surface area contributed by atoms with Crippen molar-refractivity contribution in [2.75, 3.05) is 18.0 Å². The molecule has 0 radical (unpaired) electrons. The van der Waals surface area contributed by atoms with Crippen molar-refractivity contribution < 1.29 is 4.79 Å². The lowest BCUT2D eigenvalue weighted by molar-refractivity contribution is 0.111. The lowest BCUT2D eigenvalue weighted by Crippen LogP contribution is -2.54. The highest BCUT2D eigenvalue weighted by Gasteiger charge is 2.49. The molecule has 0 atom stereocenters. The summed E-state index contributed by atoms with van der Waals surface area (Å²) < 4.78 is 0. The number of hydrogen-bond acceptors (Lipinski definition) is 4. The molecule has 2 aromatic rings. The van der Waals surface area contributed by atoms with Crippen LogP contribution in [0.15, 0.2) is 42.7 Å². The van der Waals surface area contributed by atoms with Crippen molar-refractivity contribution in [3.63, 3.8) is 0 Å². The number of halogens is 1. The van der Waals surface area contributed by atoms with E-state index in [4.69, 9.17) is 11.6 Å². The Morgan fingerprint density at radius 1 is 1.23 bits per heavy atom. The summed E-state index contributed by atoms with van der Waals surface area (Å²) in [5, 5.41) is 6.68. The van der Waals surface area contributed by atoms with E-state index in [1.165, 1.54) is 0 Å². The van der Waals surface area contributed by atoms with Gasteiger partial charge in [-0.15, -0.1) is 0 Å². The first-order valence-corrected chi connectivity index (χ1v) is 9.31. The maximum absolute atomic E-state index is 12.1. The van der Waals surface area contributed by atoms with Gasteiger partial charge in [-0.25, -0.2) is 14.8 Å². The van der Waals surface area contributed by atoms with Gasteiger partial charge in [0.15, 0.2) is 0 Å². The summed E-state index contributed by atoms with van der Waals surface area (Å²) in [6.45, 7) is 2.46. The normalized spacial score (nSPS) is 24.3. The van der Waals surface area contributed by atoms with E-state index in [0.29, 0.717) is 17.0 Å². The number of benzene rings is 1. The molecule has 2 fully saturated rings. The molecular formula is C19H22ClN5O. The molecule has 1 aromatic heterocycles. The van der Waals surface area contributed by atoms with Gasteiger partial charge >= 0.3 is 6.03 Å². The molecule has 1 aromatic carbocycles. The third-order valence-electron chi connectivity index (χ3n) is 5.33. The fourth-order valence-corrected chi connectivity index (χ4v) is 4.13. The molecule has 1 aliphatic heterocycles. The average Bonchev–Trinajstić information content (AvgIpc) is 3.07. The first-order chi connectivity index (χ1) is 12.6. The minimum absolute atomic E-state index is 0.110. The summed E-state index contributed by atoms with van der Waals surface area (Å²) in [6.07, 6.45) is 6.73. The highest BCUT2D eigenvalue weighted by molar-refractivity contribution is 6.30. The van der Waals surface area contributed by atoms with Crippen molar-refractivity contribution in [1.29, 1.82) is 0 Å². The van der Waals surface area contributed by atoms with Gasteiger partial charge in [-0.05, 0) is 48.4 Å². The Morgan fingerprint density at radius 2 is 1.96 bits per heavy atom. The Balaban J connectivity index is 1.21. The van der Waals surface area contributed by atoms with Gasteiger partial charge in [0.05, 0.1) is 0 Å². The van der Waals surface area contributed by atoms with E-state index >= 15 is 0 Å². The van der Waals surface area contributed by atoms with Gasteiger partial charge in [-0.2, -0.15) is 0 Å². The van der Waals surface area contributed by atoms with Crippen LogP contribution in [0.2, 0.25) is 5.02 Å². The number of anilines is 1. The van der Waals surface area contributed by atoms with Crippen molar-refractivity contribution in [2.24, 2.45) is 5.41 Å². The molecule has 1 spiro atoms. The minimum atomic E-state index is -0.110. The Bertz CT molecular complexity index is 761. The van der Waals surface area contributed by atoms with E-state index in [0.717, 1.165) is 43.9 Å². The van der Waals surface area contributed by atoms with Crippen LogP contribution in [0.1, 0.15) is 24.8 Å². The SMILES string of the molecule is O=C(NCc1ccc(Cl)cc1)N[C@H]1C[C@@]2(CCN(c3ncccn3)C2)C1. The number of carbonyl (C=O) groups excluding carboxylic acids is 1. The molecule has 2 aliphatic rings. The van der Waals surface area contributed by atoms with Crippen LogP contribution in [0.5, 0.6) is 0 Å². The monoisotopic (exact) mass is 371 g/mol. The highest BCUT2D eigenvalue weighted by atomic mass is 35.5. The Morgan fingerprint density at radius 3 is 2.69 bits per heavy atom. The van der Waals surface area contributed by atoms with Crippen LogP contribution in [0.3, 0.4) is 0 Å². The first kappa shape index (κ1) is 17.1. The van der Waals surface area contributed by atoms with Crippen molar-refractivity contribution in [3.05, 3.63) is 53.3 Å². The molecule has 136 valence electrons. The topological polar surface area (TPSA) is 70.2 Å². The standard InChI is InChI=1S/C19H22ClN5O/c20-15-4-2-14(3-5-15)12-23-18(26)24-16-10-19(11-16)6-9-25(13-19)17-21-7-1-8-22-17/h1-5,7-8,16H,6,9-13H2,(H2,23,24,26)/t16-,19-. The fraction of sp³-hybridized carbons (Fsp3) is 0.421. The number of aromatic nitrogens is 2. The molecule has 7 heteroatoms. The van der Waals surface area contributed by atoms with Gasteiger partial charge in [0.25, 0.3) is 0 Å². The van der Waals surface area contributed by atoms with Crippen LogP contribution in [0.4, 0.5) is 10.7 Å².